The predicted molar refractivity (Wildman–Crippen MR) is 65.8 cm³/mol. The van der Waals surface area contributed by atoms with Gasteiger partial charge in [0.2, 0.25) is 0 Å². The van der Waals surface area contributed by atoms with Crippen molar-refractivity contribution >= 4 is 0 Å². The van der Waals surface area contributed by atoms with Gasteiger partial charge in [0.1, 0.15) is 6.10 Å². The molecule has 17 heavy (non-hydrogen) atoms. The normalized spacial score (nSPS) is 55.2. The third-order valence-corrected chi connectivity index (χ3v) is 5.86. The van der Waals surface area contributed by atoms with Gasteiger partial charge in [0.05, 0.1) is 18.8 Å². The third-order valence-electron chi connectivity index (χ3n) is 5.86. The van der Waals surface area contributed by atoms with Gasteiger partial charge in [-0.05, 0) is 55.8 Å². The molecule has 4 aliphatic carbocycles. The summed E-state index contributed by atoms with van der Waals surface area (Å²) in [6.07, 6.45) is 10.3. The molecule has 0 spiro atoms. The van der Waals surface area contributed by atoms with Gasteiger partial charge < -0.3 is 9.47 Å². The van der Waals surface area contributed by atoms with Crippen LogP contribution in [0.5, 0.6) is 0 Å². The molecule has 3 atom stereocenters. The molecule has 0 aromatic rings. The fourth-order valence-corrected chi connectivity index (χ4v) is 5.38. The molecule has 2 heteroatoms. The summed E-state index contributed by atoms with van der Waals surface area (Å²) in [5.74, 6) is 1.94. The molecule has 4 bridgehead atoms. The van der Waals surface area contributed by atoms with Crippen LogP contribution in [0, 0.1) is 17.3 Å². The summed E-state index contributed by atoms with van der Waals surface area (Å²) in [6.45, 7) is 4.19. The zero-order valence-electron chi connectivity index (χ0n) is 10.9. The van der Waals surface area contributed by atoms with Gasteiger partial charge in [0, 0.05) is 0 Å². The Balaban J connectivity index is 1.54. The molecule has 0 radical (unpaired) electrons. The van der Waals surface area contributed by atoms with Gasteiger partial charge in [0.15, 0.2) is 0 Å². The highest BCUT2D eigenvalue weighted by atomic mass is 16.6. The van der Waals surface area contributed by atoms with E-state index in [2.05, 4.69) is 6.92 Å². The van der Waals surface area contributed by atoms with E-state index in [-0.39, 0.29) is 5.60 Å². The van der Waals surface area contributed by atoms with E-state index in [1.165, 1.54) is 44.9 Å². The summed E-state index contributed by atoms with van der Waals surface area (Å²) < 4.78 is 11.7. The highest BCUT2D eigenvalue weighted by Gasteiger charge is 2.57. The first-order valence-electron chi connectivity index (χ1n) is 7.47. The maximum absolute atomic E-state index is 6.37. The van der Waals surface area contributed by atoms with Crippen molar-refractivity contribution in [2.24, 2.45) is 17.3 Å². The van der Waals surface area contributed by atoms with Crippen LogP contribution in [-0.2, 0) is 9.47 Å². The van der Waals surface area contributed by atoms with Crippen LogP contribution < -0.4 is 0 Å². The van der Waals surface area contributed by atoms with Gasteiger partial charge in [-0.2, -0.15) is 0 Å². The topological polar surface area (TPSA) is 21.8 Å². The lowest BCUT2D eigenvalue weighted by Crippen LogP contribution is -2.56. The number of epoxide rings is 1. The highest BCUT2D eigenvalue weighted by Crippen LogP contribution is 2.63. The Bertz CT molecular complexity index is 307. The van der Waals surface area contributed by atoms with Crippen LogP contribution in [0.1, 0.15) is 51.9 Å². The molecule has 5 rings (SSSR count). The SMILES string of the molecule is CCC12CC3CC(C1)CC(OCC1CO1)(C3)C2. The minimum atomic E-state index is 0.256. The van der Waals surface area contributed by atoms with Crippen LogP contribution in [0.25, 0.3) is 0 Å². The smallest absolute Gasteiger partial charge is 0.104 e. The van der Waals surface area contributed by atoms with E-state index in [1.807, 2.05) is 0 Å². The van der Waals surface area contributed by atoms with Gasteiger partial charge in [-0.1, -0.05) is 13.3 Å². The van der Waals surface area contributed by atoms with Crippen molar-refractivity contribution in [2.75, 3.05) is 13.2 Å². The molecular weight excluding hydrogens is 212 g/mol. The fraction of sp³-hybridized carbons (Fsp3) is 1.00. The number of rotatable bonds is 4. The number of ether oxygens (including phenoxy) is 2. The maximum atomic E-state index is 6.37. The molecule has 0 aromatic carbocycles. The lowest BCUT2D eigenvalue weighted by atomic mass is 9.47. The Morgan fingerprint density at radius 3 is 2.47 bits per heavy atom. The Hall–Kier alpha value is -0.0800. The molecule has 0 amide bonds. The van der Waals surface area contributed by atoms with Crippen molar-refractivity contribution in [3.8, 4) is 0 Å². The van der Waals surface area contributed by atoms with Gasteiger partial charge in [-0.25, -0.2) is 0 Å². The van der Waals surface area contributed by atoms with Crippen molar-refractivity contribution in [3.63, 3.8) is 0 Å². The van der Waals surface area contributed by atoms with Crippen LogP contribution in [0.3, 0.4) is 0 Å². The van der Waals surface area contributed by atoms with E-state index in [1.54, 1.807) is 0 Å². The number of hydrogen-bond acceptors (Lipinski definition) is 2. The summed E-state index contributed by atoms with van der Waals surface area (Å²) in [6, 6.07) is 0. The van der Waals surface area contributed by atoms with E-state index in [0.717, 1.165) is 25.0 Å². The quantitative estimate of drug-likeness (QED) is 0.699. The maximum Gasteiger partial charge on any atom is 0.104 e. The summed E-state index contributed by atoms with van der Waals surface area (Å²) in [4.78, 5) is 0. The fourth-order valence-electron chi connectivity index (χ4n) is 5.38. The Morgan fingerprint density at radius 1 is 1.18 bits per heavy atom. The Morgan fingerprint density at radius 2 is 1.88 bits per heavy atom. The standard InChI is InChI=1S/C15H24O2/c1-2-14-4-11-3-12(5-14)7-15(6-11,10-14)17-9-13-8-16-13/h11-13H,2-10H2,1H3. The van der Waals surface area contributed by atoms with E-state index in [4.69, 9.17) is 9.47 Å². The average molecular weight is 236 g/mol. The molecular formula is C15H24O2. The molecule has 4 saturated carbocycles. The van der Waals surface area contributed by atoms with Crippen molar-refractivity contribution in [2.45, 2.75) is 63.6 Å². The van der Waals surface area contributed by atoms with E-state index in [9.17, 15) is 0 Å². The first-order chi connectivity index (χ1) is 8.21. The monoisotopic (exact) mass is 236 g/mol. The lowest BCUT2D eigenvalue weighted by molar-refractivity contribution is -0.195. The second-order valence-corrected chi connectivity index (χ2v) is 7.26. The molecule has 5 fully saturated rings. The Kier molecular flexibility index (Phi) is 2.21. The molecule has 3 unspecified atom stereocenters. The number of hydrogen-bond donors (Lipinski definition) is 0. The van der Waals surface area contributed by atoms with E-state index >= 15 is 0 Å². The molecule has 5 aliphatic rings. The van der Waals surface area contributed by atoms with Gasteiger partial charge in [-0.3, -0.25) is 0 Å². The van der Waals surface area contributed by atoms with Crippen LogP contribution in [0.15, 0.2) is 0 Å². The van der Waals surface area contributed by atoms with Crippen LogP contribution in [-0.4, -0.2) is 24.9 Å². The van der Waals surface area contributed by atoms with Gasteiger partial charge >= 0.3 is 0 Å². The molecule has 0 aromatic heterocycles. The van der Waals surface area contributed by atoms with Crippen molar-refractivity contribution in [3.05, 3.63) is 0 Å². The van der Waals surface area contributed by atoms with E-state index < -0.39 is 0 Å². The third kappa shape index (κ3) is 1.76. The van der Waals surface area contributed by atoms with Gasteiger partial charge in [0.25, 0.3) is 0 Å². The zero-order valence-corrected chi connectivity index (χ0v) is 10.9. The summed E-state index contributed by atoms with van der Waals surface area (Å²) in [5.41, 5.74) is 0.903. The summed E-state index contributed by atoms with van der Waals surface area (Å²) in [7, 11) is 0. The molecule has 96 valence electrons. The van der Waals surface area contributed by atoms with Crippen molar-refractivity contribution in [1.82, 2.24) is 0 Å². The van der Waals surface area contributed by atoms with Crippen molar-refractivity contribution < 1.29 is 9.47 Å². The largest absolute Gasteiger partial charge is 0.372 e. The second kappa shape index (κ2) is 3.48. The summed E-state index contributed by atoms with van der Waals surface area (Å²) in [5, 5.41) is 0. The minimum absolute atomic E-state index is 0.256. The van der Waals surface area contributed by atoms with Crippen molar-refractivity contribution in [1.29, 1.82) is 0 Å². The lowest BCUT2D eigenvalue weighted by Gasteiger charge is -2.61. The Labute approximate surface area is 104 Å². The highest BCUT2D eigenvalue weighted by molar-refractivity contribution is 5.08. The van der Waals surface area contributed by atoms with Gasteiger partial charge in [-0.15, -0.1) is 0 Å². The molecule has 1 aliphatic heterocycles. The minimum Gasteiger partial charge on any atom is -0.372 e. The van der Waals surface area contributed by atoms with Crippen LogP contribution in [0.4, 0.5) is 0 Å². The zero-order chi connectivity index (χ0) is 11.5. The second-order valence-electron chi connectivity index (χ2n) is 7.26. The molecule has 1 heterocycles. The summed E-state index contributed by atoms with van der Waals surface area (Å²) >= 11 is 0. The van der Waals surface area contributed by atoms with E-state index in [0.29, 0.717) is 11.5 Å². The predicted octanol–water partition coefficient (Wildman–Crippen LogP) is 3.15. The van der Waals surface area contributed by atoms with Crippen LogP contribution >= 0.6 is 0 Å². The molecule has 0 N–H and O–H groups in total. The molecule has 1 saturated heterocycles. The average Bonchev–Trinajstić information content (AvgIpc) is 3.08. The first kappa shape index (κ1) is 10.8. The molecule has 2 nitrogen and oxygen atoms in total. The van der Waals surface area contributed by atoms with Crippen LogP contribution in [0.2, 0.25) is 0 Å². The first-order valence-corrected chi connectivity index (χ1v) is 7.47.